The molecule has 0 fully saturated rings. The lowest BCUT2D eigenvalue weighted by Gasteiger charge is -2.07. The maximum absolute atomic E-state index is 14.2. The Hall–Kier alpha value is -3.71. The zero-order chi connectivity index (χ0) is 22.5. The lowest BCUT2D eigenvalue weighted by atomic mass is 10.0. The van der Waals surface area contributed by atoms with Crippen molar-refractivity contribution in [3.63, 3.8) is 0 Å². The van der Waals surface area contributed by atoms with Crippen molar-refractivity contribution < 1.29 is 17.9 Å². The summed E-state index contributed by atoms with van der Waals surface area (Å²) in [5, 5.41) is 0.844. The van der Waals surface area contributed by atoms with Crippen molar-refractivity contribution in [2.45, 2.75) is 19.8 Å². The molecule has 32 heavy (non-hydrogen) atoms. The Morgan fingerprint density at radius 1 is 0.719 bits per heavy atom. The summed E-state index contributed by atoms with van der Waals surface area (Å²) in [6.07, 6.45) is 1.31. The molecule has 160 valence electrons. The zero-order valence-electron chi connectivity index (χ0n) is 17.6. The number of ether oxygens (including phenoxy) is 1. The second-order valence-electron chi connectivity index (χ2n) is 7.43. The van der Waals surface area contributed by atoms with Crippen LogP contribution in [0.2, 0.25) is 0 Å². The molecule has 4 aromatic rings. The Morgan fingerprint density at radius 2 is 1.47 bits per heavy atom. The van der Waals surface area contributed by atoms with Crippen LogP contribution >= 0.6 is 0 Å². The number of halogens is 3. The Kier molecular flexibility index (Phi) is 6.47. The molecule has 0 aromatic heterocycles. The zero-order valence-corrected chi connectivity index (χ0v) is 17.6. The SMILES string of the molecule is CCOc1ccc(CCc2ccc(C#Cc3ccc4c(F)c(F)ccc4c3)cc2)c(F)c1. The lowest BCUT2D eigenvalue weighted by Crippen LogP contribution is -1.97. The summed E-state index contributed by atoms with van der Waals surface area (Å²) in [6.45, 7) is 2.37. The van der Waals surface area contributed by atoms with Crippen LogP contribution in [0.4, 0.5) is 13.2 Å². The quantitative estimate of drug-likeness (QED) is 0.315. The highest BCUT2D eigenvalue weighted by atomic mass is 19.2. The average molecular weight is 430 g/mol. The number of aryl methyl sites for hydroxylation is 2. The minimum atomic E-state index is -0.860. The van der Waals surface area contributed by atoms with Gasteiger partial charge in [-0.2, -0.15) is 0 Å². The first kappa shape index (κ1) is 21.5. The molecule has 0 saturated carbocycles. The van der Waals surface area contributed by atoms with Crippen molar-refractivity contribution in [2.75, 3.05) is 6.61 Å². The molecule has 0 bridgehead atoms. The molecule has 0 aliphatic carbocycles. The molecule has 0 N–H and O–H groups in total. The van der Waals surface area contributed by atoms with Gasteiger partial charge in [0.25, 0.3) is 0 Å². The fraction of sp³-hybridized carbons (Fsp3) is 0.143. The topological polar surface area (TPSA) is 9.23 Å². The van der Waals surface area contributed by atoms with E-state index in [9.17, 15) is 13.2 Å². The molecule has 0 spiro atoms. The second kappa shape index (κ2) is 9.62. The number of hydrogen-bond acceptors (Lipinski definition) is 1. The Bertz CT molecular complexity index is 1310. The van der Waals surface area contributed by atoms with E-state index in [0.29, 0.717) is 36.1 Å². The average Bonchev–Trinajstić information content (AvgIpc) is 2.80. The van der Waals surface area contributed by atoms with Gasteiger partial charge in [-0.15, -0.1) is 0 Å². The number of benzene rings is 4. The van der Waals surface area contributed by atoms with Crippen LogP contribution < -0.4 is 4.74 Å². The third-order valence-corrected chi connectivity index (χ3v) is 5.23. The highest BCUT2D eigenvalue weighted by molar-refractivity contribution is 5.84. The third kappa shape index (κ3) is 4.95. The van der Waals surface area contributed by atoms with E-state index in [2.05, 4.69) is 11.8 Å². The molecule has 0 atom stereocenters. The molecule has 0 aliphatic heterocycles. The van der Waals surface area contributed by atoms with Gasteiger partial charge in [0, 0.05) is 22.6 Å². The largest absolute Gasteiger partial charge is 0.494 e. The van der Waals surface area contributed by atoms with Crippen molar-refractivity contribution >= 4 is 10.8 Å². The number of rotatable bonds is 5. The van der Waals surface area contributed by atoms with Crippen LogP contribution in [0.25, 0.3) is 10.8 Å². The first-order valence-electron chi connectivity index (χ1n) is 10.4. The van der Waals surface area contributed by atoms with Crippen LogP contribution in [0.15, 0.2) is 72.8 Å². The number of fused-ring (bicyclic) bond motifs is 1. The van der Waals surface area contributed by atoms with Crippen molar-refractivity contribution in [1.29, 1.82) is 0 Å². The van der Waals surface area contributed by atoms with Gasteiger partial charge in [0.05, 0.1) is 6.61 Å². The van der Waals surface area contributed by atoms with Crippen molar-refractivity contribution in [3.8, 4) is 17.6 Å². The molecule has 0 radical (unpaired) electrons. The van der Waals surface area contributed by atoms with Crippen LogP contribution in [0.5, 0.6) is 5.75 Å². The lowest BCUT2D eigenvalue weighted by molar-refractivity contribution is 0.338. The van der Waals surface area contributed by atoms with E-state index in [4.69, 9.17) is 4.74 Å². The smallest absolute Gasteiger partial charge is 0.166 e. The van der Waals surface area contributed by atoms with E-state index < -0.39 is 11.6 Å². The molecule has 0 unspecified atom stereocenters. The molecule has 0 heterocycles. The van der Waals surface area contributed by atoms with E-state index in [1.807, 2.05) is 31.2 Å². The van der Waals surface area contributed by atoms with E-state index in [-0.39, 0.29) is 11.2 Å². The molecular formula is C28H21F3O. The molecule has 0 saturated heterocycles. The van der Waals surface area contributed by atoms with Gasteiger partial charge >= 0.3 is 0 Å². The van der Waals surface area contributed by atoms with Crippen LogP contribution in [0.1, 0.15) is 29.2 Å². The van der Waals surface area contributed by atoms with Gasteiger partial charge in [0.15, 0.2) is 11.6 Å². The minimum absolute atomic E-state index is 0.240. The summed E-state index contributed by atoms with van der Waals surface area (Å²) in [7, 11) is 0. The van der Waals surface area contributed by atoms with Gasteiger partial charge in [-0.05, 0) is 72.7 Å². The number of hydrogen-bond donors (Lipinski definition) is 0. The summed E-state index contributed by atoms with van der Waals surface area (Å²) >= 11 is 0. The monoisotopic (exact) mass is 430 g/mol. The molecule has 1 nitrogen and oxygen atoms in total. The second-order valence-corrected chi connectivity index (χ2v) is 7.43. The van der Waals surface area contributed by atoms with E-state index in [0.717, 1.165) is 22.8 Å². The Morgan fingerprint density at radius 3 is 2.22 bits per heavy atom. The molecule has 4 rings (SSSR count). The summed E-state index contributed by atoms with van der Waals surface area (Å²) in [5.41, 5.74) is 3.31. The predicted octanol–water partition coefficient (Wildman–Crippen LogP) is 6.84. The van der Waals surface area contributed by atoms with Crippen LogP contribution in [0, 0.1) is 29.3 Å². The Balaban J connectivity index is 1.42. The van der Waals surface area contributed by atoms with Gasteiger partial charge < -0.3 is 4.74 Å². The summed E-state index contributed by atoms with van der Waals surface area (Å²) < 4.78 is 46.7. The van der Waals surface area contributed by atoms with E-state index >= 15 is 0 Å². The summed E-state index contributed by atoms with van der Waals surface area (Å²) in [6, 6.07) is 20.4. The standard InChI is InChI=1S/C28H21F3O/c1-2-32-24-14-12-22(27(30)18-24)11-9-20-5-3-19(4-6-20)7-8-21-10-15-25-23(17-21)13-16-26(29)28(25)31/h3-6,10,12-18H,2,9,11H2,1H3. The first-order valence-corrected chi connectivity index (χ1v) is 10.4. The maximum Gasteiger partial charge on any atom is 0.166 e. The van der Waals surface area contributed by atoms with Crippen molar-refractivity contribution in [1.82, 2.24) is 0 Å². The maximum atomic E-state index is 14.2. The first-order chi connectivity index (χ1) is 15.5. The van der Waals surface area contributed by atoms with Crippen molar-refractivity contribution in [3.05, 3.63) is 113 Å². The predicted molar refractivity (Wildman–Crippen MR) is 121 cm³/mol. The highest BCUT2D eigenvalue weighted by Gasteiger charge is 2.07. The van der Waals surface area contributed by atoms with Crippen LogP contribution in [-0.4, -0.2) is 6.61 Å². The fourth-order valence-electron chi connectivity index (χ4n) is 3.51. The van der Waals surface area contributed by atoms with Gasteiger partial charge in [0.2, 0.25) is 0 Å². The molecule has 0 aliphatic rings. The summed E-state index contributed by atoms with van der Waals surface area (Å²) in [4.78, 5) is 0. The molecule has 4 heteroatoms. The van der Waals surface area contributed by atoms with Gasteiger partial charge in [-0.25, -0.2) is 13.2 Å². The minimum Gasteiger partial charge on any atom is -0.494 e. The van der Waals surface area contributed by atoms with Gasteiger partial charge in [-0.3, -0.25) is 0 Å². The summed E-state index contributed by atoms with van der Waals surface area (Å²) in [5.74, 6) is 4.73. The van der Waals surface area contributed by atoms with Gasteiger partial charge in [-0.1, -0.05) is 42.2 Å². The van der Waals surface area contributed by atoms with Crippen LogP contribution in [-0.2, 0) is 12.8 Å². The molecule has 0 amide bonds. The third-order valence-electron chi connectivity index (χ3n) is 5.23. The van der Waals surface area contributed by atoms with Gasteiger partial charge in [0.1, 0.15) is 11.6 Å². The van der Waals surface area contributed by atoms with E-state index in [1.54, 1.807) is 36.4 Å². The molecular weight excluding hydrogens is 409 g/mol. The molecule has 4 aromatic carbocycles. The van der Waals surface area contributed by atoms with Crippen LogP contribution in [0.3, 0.4) is 0 Å². The fourth-order valence-corrected chi connectivity index (χ4v) is 3.51. The van der Waals surface area contributed by atoms with Crippen molar-refractivity contribution in [2.24, 2.45) is 0 Å². The normalized spacial score (nSPS) is 10.6. The Labute approximate surface area is 185 Å². The highest BCUT2D eigenvalue weighted by Crippen LogP contribution is 2.22. The van der Waals surface area contributed by atoms with E-state index in [1.165, 1.54) is 6.07 Å².